The van der Waals surface area contributed by atoms with Crippen LogP contribution in [0.5, 0.6) is 0 Å². The van der Waals surface area contributed by atoms with Crippen LogP contribution in [0.4, 0.5) is 0 Å². The van der Waals surface area contributed by atoms with Crippen LogP contribution in [0.15, 0.2) is 36.8 Å². The molecule has 0 N–H and O–H groups in total. The minimum absolute atomic E-state index is 0.0341. The molecule has 25 heavy (non-hydrogen) atoms. The molecule has 0 saturated carbocycles. The van der Waals surface area contributed by atoms with Crippen molar-refractivity contribution in [2.24, 2.45) is 5.92 Å². The first-order chi connectivity index (χ1) is 12.1. The molecule has 2 aromatic heterocycles. The zero-order chi connectivity index (χ0) is 17.6. The van der Waals surface area contributed by atoms with Crippen molar-refractivity contribution in [1.29, 1.82) is 0 Å². The number of piperidine rings is 1. The van der Waals surface area contributed by atoms with Crippen LogP contribution in [0, 0.1) is 5.92 Å². The van der Waals surface area contributed by atoms with Crippen LogP contribution in [-0.2, 0) is 13.0 Å². The first-order valence-corrected chi connectivity index (χ1v) is 8.76. The highest BCUT2D eigenvalue weighted by Gasteiger charge is 2.24. The van der Waals surface area contributed by atoms with Crippen molar-refractivity contribution in [2.45, 2.75) is 25.8 Å². The lowest BCUT2D eigenvalue weighted by atomic mass is 9.92. The van der Waals surface area contributed by atoms with Gasteiger partial charge in [-0.25, -0.2) is 0 Å². The lowest BCUT2D eigenvalue weighted by molar-refractivity contribution is 0.0684. The molecule has 0 atom stereocenters. The SMILES string of the molecule is CN(C)Cc1cnc(CC2CCN(C(=O)c3ccccn3)CC2)cn1. The van der Waals surface area contributed by atoms with E-state index in [1.54, 1.807) is 12.3 Å². The van der Waals surface area contributed by atoms with Gasteiger partial charge in [-0.05, 0) is 51.4 Å². The Morgan fingerprint density at radius 2 is 1.84 bits per heavy atom. The average molecular weight is 339 g/mol. The van der Waals surface area contributed by atoms with E-state index < -0.39 is 0 Å². The van der Waals surface area contributed by atoms with E-state index in [-0.39, 0.29) is 5.91 Å². The third kappa shape index (κ3) is 4.82. The molecule has 6 heteroatoms. The predicted octanol–water partition coefficient (Wildman–Crippen LogP) is 2.03. The molecule has 3 heterocycles. The van der Waals surface area contributed by atoms with Gasteiger partial charge in [0.25, 0.3) is 5.91 Å². The summed E-state index contributed by atoms with van der Waals surface area (Å²) in [4.78, 5) is 29.6. The van der Waals surface area contributed by atoms with E-state index in [9.17, 15) is 4.79 Å². The third-order valence-electron chi connectivity index (χ3n) is 4.52. The van der Waals surface area contributed by atoms with Gasteiger partial charge < -0.3 is 9.80 Å². The number of pyridine rings is 1. The van der Waals surface area contributed by atoms with Crippen LogP contribution in [0.25, 0.3) is 0 Å². The maximum absolute atomic E-state index is 12.4. The molecule has 3 rings (SSSR count). The molecular weight excluding hydrogens is 314 g/mol. The Kier molecular flexibility index (Phi) is 5.71. The Morgan fingerprint density at radius 3 is 2.44 bits per heavy atom. The van der Waals surface area contributed by atoms with Crippen LogP contribution < -0.4 is 0 Å². The molecule has 0 aliphatic carbocycles. The van der Waals surface area contributed by atoms with E-state index in [1.807, 2.05) is 43.5 Å². The first-order valence-electron chi connectivity index (χ1n) is 8.76. The number of likely N-dealkylation sites (tertiary alicyclic amines) is 1. The molecule has 0 radical (unpaired) electrons. The molecule has 0 bridgehead atoms. The number of aromatic nitrogens is 3. The fraction of sp³-hybridized carbons (Fsp3) is 0.474. The summed E-state index contributed by atoms with van der Waals surface area (Å²) in [5, 5.41) is 0. The summed E-state index contributed by atoms with van der Waals surface area (Å²) in [6.07, 6.45) is 8.36. The van der Waals surface area contributed by atoms with Gasteiger partial charge in [0.2, 0.25) is 0 Å². The summed E-state index contributed by atoms with van der Waals surface area (Å²) in [6.45, 7) is 2.37. The Labute approximate surface area is 148 Å². The lowest BCUT2D eigenvalue weighted by Crippen LogP contribution is -2.39. The van der Waals surface area contributed by atoms with Crippen LogP contribution in [-0.4, -0.2) is 57.8 Å². The van der Waals surface area contributed by atoms with Crippen molar-refractivity contribution < 1.29 is 4.79 Å². The summed E-state index contributed by atoms with van der Waals surface area (Å²) in [5.74, 6) is 0.591. The van der Waals surface area contributed by atoms with Crippen LogP contribution >= 0.6 is 0 Å². The summed E-state index contributed by atoms with van der Waals surface area (Å²) in [7, 11) is 4.05. The summed E-state index contributed by atoms with van der Waals surface area (Å²) in [5.41, 5.74) is 2.56. The van der Waals surface area contributed by atoms with E-state index >= 15 is 0 Å². The molecule has 0 aromatic carbocycles. The number of hydrogen-bond donors (Lipinski definition) is 0. The van der Waals surface area contributed by atoms with Crippen LogP contribution in [0.3, 0.4) is 0 Å². The maximum atomic E-state index is 12.4. The van der Waals surface area contributed by atoms with Crippen molar-refractivity contribution in [3.63, 3.8) is 0 Å². The topological polar surface area (TPSA) is 62.2 Å². The van der Waals surface area contributed by atoms with Gasteiger partial charge in [0.15, 0.2) is 0 Å². The minimum Gasteiger partial charge on any atom is -0.337 e. The molecule has 1 aliphatic rings. The van der Waals surface area contributed by atoms with E-state index in [0.29, 0.717) is 11.6 Å². The number of rotatable bonds is 5. The normalized spacial score (nSPS) is 15.6. The van der Waals surface area contributed by atoms with Crippen molar-refractivity contribution in [1.82, 2.24) is 24.8 Å². The number of hydrogen-bond acceptors (Lipinski definition) is 5. The molecule has 132 valence electrons. The minimum atomic E-state index is 0.0341. The Hall–Kier alpha value is -2.34. The summed E-state index contributed by atoms with van der Waals surface area (Å²) < 4.78 is 0. The maximum Gasteiger partial charge on any atom is 0.272 e. The third-order valence-corrected chi connectivity index (χ3v) is 4.52. The quantitative estimate of drug-likeness (QED) is 0.834. The molecule has 1 saturated heterocycles. The standard InChI is InChI=1S/C19H25N5O/c1-23(2)14-17-13-21-16(12-22-17)11-15-6-9-24(10-7-15)19(25)18-5-3-4-8-20-18/h3-5,8,12-13,15H,6-7,9-11,14H2,1-2H3. The van der Waals surface area contributed by atoms with E-state index in [2.05, 4.69) is 19.9 Å². The van der Waals surface area contributed by atoms with Crippen molar-refractivity contribution in [2.75, 3.05) is 27.2 Å². The van der Waals surface area contributed by atoms with E-state index in [1.165, 1.54) is 0 Å². The second-order valence-corrected chi connectivity index (χ2v) is 6.89. The molecule has 0 spiro atoms. The molecular formula is C19H25N5O. The average Bonchev–Trinajstić information content (AvgIpc) is 2.64. The van der Waals surface area contributed by atoms with E-state index in [0.717, 1.165) is 50.3 Å². The highest BCUT2D eigenvalue weighted by molar-refractivity contribution is 5.92. The predicted molar refractivity (Wildman–Crippen MR) is 96.0 cm³/mol. The number of carbonyl (C=O) groups is 1. The second-order valence-electron chi connectivity index (χ2n) is 6.89. The second kappa shape index (κ2) is 8.16. The first kappa shape index (κ1) is 17.5. The summed E-state index contributed by atoms with van der Waals surface area (Å²) in [6, 6.07) is 5.46. The van der Waals surface area contributed by atoms with Gasteiger partial charge in [-0.2, -0.15) is 0 Å². The highest BCUT2D eigenvalue weighted by Crippen LogP contribution is 2.21. The van der Waals surface area contributed by atoms with Gasteiger partial charge in [0.1, 0.15) is 5.69 Å². The Morgan fingerprint density at radius 1 is 1.12 bits per heavy atom. The Bertz CT molecular complexity index is 679. The molecule has 1 fully saturated rings. The smallest absolute Gasteiger partial charge is 0.272 e. The molecule has 0 unspecified atom stereocenters. The monoisotopic (exact) mass is 339 g/mol. The van der Waals surface area contributed by atoms with Gasteiger partial charge in [0, 0.05) is 32.0 Å². The van der Waals surface area contributed by atoms with E-state index in [4.69, 9.17) is 0 Å². The lowest BCUT2D eigenvalue weighted by Gasteiger charge is -2.31. The Balaban J connectivity index is 1.50. The van der Waals surface area contributed by atoms with Crippen LogP contribution in [0.2, 0.25) is 0 Å². The zero-order valence-corrected chi connectivity index (χ0v) is 14.9. The van der Waals surface area contributed by atoms with Crippen molar-refractivity contribution >= 4 is 5.91 Å². The zero-order valence-electron chi connectivity index (χ0n) is 14.9. The van der Waals surface area contributed by atoms with Gasteiger partial charge in [-0.15, -0.1) is 0 Å². The van der Waals surface area contributed by atoms with Gasteiger partial charge in [-0.3, -0.25) is 19.7 Å². The van der Waals surface area contributed by atoms with Gasteiger partial charge in [0.05, 0.1) is 17.6 Å². The number of amides is 1. The fourth-order valence-corrected chi connectivity index (χ4v) is 3.18. The molecule has 2 aromatic rings. The van der Waals surface area contributed by atoms with Crippen molar-refractivity contribution in [3.05, 3.63) is 53.9 Å². The number of nitrogens with zero attached hydrogens (tertiary/aromatic N) is 5. The molecule has 1 amide bonds. The molecule has 6 nitrogen and oxygen atoms in total. The van der Waals surface area contributed by atoms with Crippen LogP contribution in [0.1, 0.15) is 34.7 Å². The molecule has 1 aliphatic heterocycles. The fourth-order valence-electron chi connectivity index (χ4n) is 3.18. The summed E-state index contributed by atoms with van der Waals surface area (Å²) >= 11 is 0. The van der Waals surface area contributed by atoms with Gasteiger partial charge in [-0.1, -0.05) is 6.07 Å². The highest BCUT2D eigenvalue weighted by atomic mass is 16.2. The van der Waals surface area contributed by atoms with Crippen molar-refractivity contribution in [3.8, 4) is 0 Å². The van der Waals surface area contributed by atoms with Gasteiger partial charge >= 0.3 is 0 Å². The largest absolute Gasteiger partial charge is 0.337 e. The number of carbonyl (C=O) groups excluding carboxylic acids is 1.